The van der Waals surface area contributed by atoms with Gasteiger partial charge in [0.1, 0.15) is 11.6 Å². The molecule has 0 aliphatic carbocycles. The predicted octanol–water partition coefficient (Wildman–Crippen LogP) is 3.53. The number of hydrogen-bond donors (Lipinski definition) is 1. The summed E-state index contributed by atoms with van der Waals surface area (Å²) < 4.78 is 18.3. The molecule has 2 rings (SSSR count). The summed E-state index contributed by atoms with van der Waals surface area (Å²) in [5, 5.41) is 2.83. The Kier molecular flexibility index (Phi) is 5.83. The van der Waals surface area contributed by atoms with Crippen molar-refractivity contribution in [2.75, 3.05) is 19.9 Å². The molecule has 0 bridgehead atoms. The van der Waals surface area contributed by atoms with Gasteiger partial charge in [-0.2, -0.15) is 0 Å². The Morgan fingerprint density at radius 3 is 2.77 bits per heavy atom. The van der Waals surface area contributed by atoms with Crippen LogP contribution in [0.15, 0.2) is 47.4 Å². The molecule has 0 heterocycles. The second kappa shape index (κ2) is 7.84. The van der Waals surface area contributed by atoms with E-state index in [-0.39, 0.29) is 11.7 Å². The van der Waals surface area contributed by atoms with Gasteiger partial charge in [-0.15, -0.1) is 11.8 Å². The molecular weight excluding hydrogens is 301 g/mol. The van der Waals surface area contributed by atoms with Crippen LogP contribution in [0.4, 0.5) is 4.39 Å². The van der Waals surface area contributed by atoms with Crippen LogP contribution in [-0.2, 0) is 6.42 Å². The van der Waals surface area contributed by atoms with E-state index in [2.05, 4.69) is 5.32 Å². The molecule has 5 heteroatoms. The maximum Gasteiger partial charge on any atom is 0.255 e. The summed E-state index contributed by atoms with van der Waals surface area (Å²) >= 11 is 1.59. The average molecular weight is 319 g/mol. The molecule has 2 aromatic rings. The number of ether oxygens (including phenoxy) is 1. The van der Waals surface area contributed by atoms with Gasteiger partial charge in [0, 0.05) is 11.4 Å². The molecule has 0 unspecified atom stereocenters. The van der Waals surface area contributed by atoms with Gasteiger partial charge in [0.05, 0.1) is 12.7 Å². The van der Waals surface area contributed by atoms with Gasteiger partial charge in [0.15, 0.2) is 0 Å². The van der Waals surface area contributed by atoms with Crippen molar-refractivity contribution in [1.82, 2.24) is 5.32 Å². The van der Waals surface area contributed by atoms with Crippen LogP contribution < -0.4 is 10.1 Å². The zero-order valence-electron chi connectivity index (χ0n) is 12.6. The van der Waals surface area contributed by atoms with Crippen LogP contribution in [0.25, 0.3) is 0 Å². The van der Waals surface area contributed by atoms with Gasteiger partial charge < -0.3 is 10.1 Å². The van der Waals surface area contributed by atoms with Crippen molar-refractivity contribution in [1.29, 1.82) is 0 Å². The molecule has 0 aliphatic rings. The van der Waals surface area contributed by atoms with Crippen molar-refractivity contribution >= 4 is 17.7 Å². The summed E-state index contributed by atoms with van der Waals surface area (Å²) in [7, 11) is 1.54. The summed E-state index contributed by atoms with van der Waals surface area (Å²) in [6.45, 7) is 0.440. The van der Waals surface area contributed by atoms with E-state index < -0.39 is 0 Å². The van der Waals surface area contributed by atoms with E-state index in [1.54, 1.807) is 31.0 Å². The van der Waals surface area contributed by atoms with Crippen LogP contribution in [0, 0.1) is 5.82 Å². The van der Waals surface area contributed by atoms with Crippen molar-refractivity contribution in [2.24, 2.45) is 0 Å². The molecule has 1 amide bonds. The third-order valence-corrected chi connectivity index (χ3v) is 3.97. The summed E-state index contributed by atoms with van der Waals surface area (Å²) in [5.74, 6) is 0.0918. The Hall–Kier alpha value is -2.01. The molecule has 0 aromatic heterocycles. The first-order valence-electron chi connectivity index (χ1n) is 6.88. The predicted molar refractivity (Wildman–Crippen MR) is 87.2 cm³/mol. The third-order valence-electron chi connectivity index (χ3n) is 3.24. The highest BCUT2D eigenvalue weighted by Crippen LogP contribution is 2.25. The lowest BCUT2D eigenvalue weighted by Gasteiger charge is -2.10. The van der Waals surface area contributed by atoms with Crippen LogP contribution in [0.2, 0.25) is 0 Å². The number of carbonyl (C=O) groups excluding carboxylic acids is 1. The minimum absolute atomic E-state index is 0.194. The first kappa shape index (κ1) is 16.4. The van der Waals surface area contributed by atoms with Gasteiger partial charge in [-0.1, -0.05) is 12.1 Å². The Bertz CT molecular complexity index is 661. The Morgan fingerprint density at radius 1 is 1.27 bits per heavy atom. The summed E-state index contributed by atoms with van der Waals surface area (Å²) in [6.07, 6.45) is 2.54. The van der Waals surface area contributed by atoms with Gasteiger partial charge in [0.25, 0.3) is 5.91 Å². The monoisotopic (exact) mass is 319 g/mol. The lowest BCUT2D eigenvalue weighted by atomic mass is 10.1. The van der Waals surface area contributed by atoms with E-state index in [4.69, 9.17) is 4.74 Å². The minimum Gasteiger partial charge on any atom is -0.496 e. The standard InChI is InChI=1S/C17H18FNO2S/c1-21-16-11-14(22-2)6-7-15(16)17(20)19-9-8-12-4-3-5-13(18)10-12/h3-7,10-11H,8-9H2,1-2H3,(H,19,20). The summed E-state index contributed by atoms with van der Waals surface area (Å²) in [5.41, 5.74) is 1.35. The SMILES string of the molecule is COc1cc(SC)ccc1C(=O)NCCc1cccc(F)c1. The molecular formula is C17H18FNO2S. The second-order valence-corrected chi connectivity index (χ2v) is 5.58. The minimum atomic E-state index is -0.266. The molecule has 0 fully saturated rings. The van der Waals surface area contributed by atoms with E-state index in [9.17, 15) is 9.18 Å². The highest BCUT2D eigenvalue weighted by Gasteiger charge is 2.12. The van der Waals surface area contributed by atoms with Crippen LogP contribution >= 0.6 is 11.8 Å². The number of thioether (sulfide) groups is 1. The van der Waals surface area contributed by atoms with Crippen LogP contribution in [0.1, 0.15) is 15.9 Å². The largest absolute Gasteiger partial charge is 0.496 e. The van der Waals surface area contributed by atoms with Gasteiger partial charge in [-0.25, -0.2) is 4.39 Å². The molecule has 0 spiro atoms. The molecule has 3 nitrogen and oxygen atoms in total. The number of amides is 1. The fraction of sp³-hybridized carbons (Fsp3) is 0.235. The van der Waals surface area contributed by atoms with Crippen LogP contribution in [0.3, 0.4) is 0 Å². The average Bonchev–Trinajstić information content (AvgIpc) is 2.54. The summed E-state index contributed by atoms with van der Waals surface area (Å²) in [4.78, 5) is 13.2. The third kappa shape index (κ3) is 4.24. The van der Waals surface area contributed by atoms with E-state index in [1.807, 2.05) is 24.5 Å². The fourth-order valence-electron chi connectivity index (χ4n) is 2.09. The maximum atomic E-state index is 13.1. The normalized spacial score (nSPS) is 10.3. The van der Waals surface area contributed by atoms with Crippen molar-refractivity contribution < 1.29 is 13.9 Å². The molecule has 0 atom stereocenters. The number of hydrogen-bond acceptors (Lipinski definition) is 3. The highest BCUT2D eigenvalue weighted by molar-refractivity contribution is 7.98. The van der Waals surface area contributed by atoms with Gasteiger partial charge in [-0.3, -0.25) is 4.79 Å². The van der Waals surface area contributed by atoms with Crippen molar-refractivity contribution in [2.45, 2.75) is 11.3 Å². The first-order valence-corrected chi connectivity index (χ1v) is 8.11. The Morgan fingerprint density at radius 2 is 2.09 bits per heavy atom. The van der Waals surface area contributed by atoms with Crippen LogP contribution in [0.5, 0.6) is 5.75 Å². The Balaban J connectivity index is 1.97. The van der Waals surface area contributed by atoms with Crippen LogP contribution in [-0.4, -0.2) is 25.8 Å². The van der Waals surface area contributed by atoms with E-state index in [1.165, 1.54) is 12.1 Å². The van der Waals surface area contributed by atoms with Gasteiger partial charge in [-0.05, 0) is 48.6 Å². The van der Waals surface area contributed by atoms with E-state index in [0.29, 0.717) is 24.3 Å². The maximum absolute atomic E-state index is 13.1. The zero-order valence-corrected chi connectivity index (χ0v) is 13.4. The molecule has 0 saturated carbocycles. The number of methoxy groups -OCH3 is 1. The quantitative estimate of drug-likeness (QED) is 0.828. The zero-order chi connectivity index (χ0) is 15.9. The first-order chi connectivity index (χ1) is 10.6. The Labute approximate surface area is 133 Å². The topological polar surface area (TPSA) is 38.3 Å². The molecule has 22 heavy (non-hydrogen) atoms. The summed E-state index contributed by atoms with van der Waals surface area (Å²) in [6, 6.07) is 11.9. The molecule has 0 aliphatic heterocycles. The van der Waals surface area contributed by atoms with Crippen molar-refractivity contribution in [3.05, 3.63) is 59.4 Å². The number of benzene rings is 2. The molecule has 116 valence electrons. The highest BCUT2D eigenvalue weighted by atomic mass is 32.2. The lowest BCUT2D eigenvalue weighted by molar-refractivity contribution is 0.0951. The van der Waals surface area contributed by atoms with Crippen molar-refractivity contribution in [3.63, 3.8) is 0 Å². The molecule has 0 saturated heterocycles. The second-order valence-electron chi connectivity index (χ2n) is 4.70. The number of nitrogens with one attached hydrogen (secondary N) is 1. The fourth-order valence-corrected chi connectivity index (χ4v) is 2.52. The van der Waals surface area contributed by atoms with Gasteiger partial charge >= 0.3 is 0 Å². The lowest BCUT2D eigenvalue weighted by Crippen LogP contribution is -2.26. The van der Waals surface area contributed by atoms with Gasteiger partial charge in [0.2, 0.25) is 0 Å². The van der Waals surface area contributed by atoms with E-state index >= 15 is 0 Å². The number of carbonyl (C=O) groups is 1. The molecule has 2 aromatic carbocycles. The number of halogens is 1. The van der Waals surface area contributed by atoms with E-state index in [0.717, 1.165) is 10.5 Å². The smallest absolute Gasteiger partial charge is 0.255 e. The number of rotatable bonds is 6. The van der Waals surface area contributed by atoms with Crippen molar-refractivity contribution in [3.8, 4) is 5.75 Å². The molecule has 1 N–H and O–H groups in total. The molecule has 0 radical (unpaired) electrons.